The number of fused-ring (bicyclic) bond motifs is 6. The summed E-state index contributed by atoms with van der Waals surface area (Å²) in [4.78, 5) is 55.9. The van der Waals surface area contributed by atoms with Crippen LogP contribution in [0.15, 0.2) is 16.9 Å². The van der Waals surface area contributed by atoms with Crippen LogP contribution in [0.25, 0.3) is 5.76 Å². The zero-order valence-electron chi connectivity index (χ0n) is 23.9. The molecule has 1 saturated carbocycles. The molecule has 13 nitrogen and oxygen atoms in total. The number of hydrogen-bond acceptors (Lipinski definition) is 11. The normalized spacial score (nSPS) is 31.6. The van der Waals surface area contributed by atoms with Crippen molar-refractivity contribution in [3.05, 3.63) is 39.4 Å². The van der Waals surface area contributed by atoms with Gasteiger partial charge in [0.1, 0.15) is 28.7 Å². The van der Waals surface area contributed by atoms with Gasteiger partial charge in [0.2, 0.25) is 11.7 Å². The number of nitrogens with two attached hydrogens (primary N) is 1. The molecule has 0 spiro atoms. The number of Topliss-reactive ketones (excluding diaryl/α,β-unsaturated/α-hetero) is 2. The summed E-state index contributed by atoms with van der Waals surface area (Å²) in [5.74, 6) is -9.87. The molecule has 0 bridgehead atoms. The predicted octanol–water partition coefficient (Wildman–Crippen LogP) is -0.362. The fraction of sp³-hybridized carbons (Fsp3) is 0.517. The van der Waals surface area contributed by atoms with Crippen LogP contribution in [0.5, 0.6) is 5.75 Å². The highest BCUT2D eigenvalue weighted by atomic mass is 19.1. The van der Waals surface area contributed by atoms with Gasteiger partial charge in [0.25, 0.3) is 5.91 Å². The maximum Gasteiger partial charge on any atom is 0.255 e. The first-order chi connectivity index (χ1) is 20.2. The van der Waals surface area contributed by atoms with Gasteiger partial charge in [0, 0.05) is 35.2 Å². The highest BCUT2D eigenvalue weighted by Gasteiger charge is 2.64. The summed E-state index contributed by atoms with van der Waals surface area (Å²) in [6.45, 7) is 1.03. The summed E-state index contributed by atoms with van der Waals surface area (Å²) in [7, 11) is 5.08. The number of phenols is 1. The number of aliphatic hydroxyl groups is 3. The third-order valence-electron chi connectivity index (χ3n) is 9.73. The van der Waals surface area contributed by atoms with E-state index in [2.05, 4.69) is 10.6 Å². The van der Waals surface area contributed by atoms with E-state index in [1.54, 1.807) is 14.1 Å². The molecule has 0 radical (unpaired) electrons. The first-order valence-electron chi connectivity index (χ1n) is 14.1. The second-order valence-electron chi connectivity index (χ2n) is 12.5. The van der Waals surface area contributed by atoms with Crippen molar-refractivity contribution in [1.29, 1.82) is 0 Å². The SMILES string of the molecule is CN(C)CC(=O)N[C@@H]1C(=O)C(C(N)=O)=C(O)[C@@]2(O)C(=O)C3=C(O)c4c(O)c5c(c(F)c4C[C@H]3C[C@@H]12)C1C(CCN1C)CN5. The van der Waals surface area contributed by atoms with Gasteiger partial charge in [0.15, 0.2) is 11.4 Å². The minimum Gasteiger partial charge on any atom is -0.508 e. The Labute approximate surface area is 245 Å². The van der Waals surface area contributed by atoms with Crippen LogP contribution < -0.4 is 16.4 Å². The first-order valence-corrected chi connectivity index (χ1v) is 14.1. The summed E-state index contributed by atoms with van der Waals surface area (Å²) < 4.78 is 16.4. The van der Waals surface area contributed by atoms with E-state index in [1.807, 2.05) is 11.9 Å². The number of hydrogen-bond donors (Lipinski definition) is 7. The lowest BCUT2D eigenvalue weighted by Crippen LogP contribution is -2.67. The molecule has 2 heterocycles. The van der Waals surface area contributed by atoms with Gasteiger partial charge in [-0.2, -0.15) is 0 Å². The number of ketones is 2. The number of amides is 2. The Morgan fingerprint density at radius 2 is 1.93 bits per heavy atom. The van der Waals surface area contributed by atoms with Gasteiger partial charge in [0.05, 0.1) is 23.8 Å². The molecule has 2 aliphatic heterocycles. The average molecular weight is 600 g/mol. The smallest absolute Gasteiger partial charge is 0.255 e. The van der Waals surface area contributed by atoms with E-state index in [4.69, 9.17) is 5.73 Å². The molecule has 1 saturated heterocycles. The van der Waals surface area contributed by atoms with Crippen LogP contribution >= 0.6 is 0 Å². The molecule has 1 aromatic rings. The number of carbonyl (C=O) groups excluding carboxylic acids is 4. The minimum absolute atomic E-state index is 0.0172. The van der Waals surface area contributed by atoms with Crippen molar-refractivity contribution in [2.75, 3.05) is 46.1 Å². The fourth-order valence-electron chi connectivity index (χ4n) is 7.85. The summed E-state index contributed by atoms with van der Waals surface area (Å²) in [6.07, 6.45) is 0.384. The van der Waals surface area contributed by atoms with Crippen LogP contribution in [-0.4, -0.2) is 106 Å². The summed E-state index contributed by atoms with van der Waals surface area (Å²) in [6, 6.07) is -1.94. The molecule has 3 aliphatic carbocycles. The van der Waals surface area contributed by atoms with Crippen LogP contribution in [0.4, 0.5) is 10.1 Å². The lowest BCUT2D eigenvalue weighted by molar-refractivity contribution is -0.152. The van der Waals surface area contributed by atoms with E-state index in [0.29, 0.717) is 6.54 Å². The van der Waals surface area contributed by atoms with Gasteiger partial charge in [-0.25, -0.2) is 4.39 Å². The molecule has 5 aliphatic rings. The molecule has 43 heavy (non-hydrogen) atoms. The summed E-state index contributed by atoms with van der Waals surface area (Å²) >= 11 is 0. The van der Waals surface area contributed by atoms with Crippen molar-refractivity contribution in [2.45, 2.75) is 36.9 Å². The minimum atomic E-state index is -2.92. The maximum absolute atomic E-state index is 16.4. The Balaban J connectivity index is 1.51. The van der Waals surface area contributed by atoms with Crippen molar-refractivity contribution in [3.8, 4) is 5.75 Å². The van der Waals surface area contributed by atoms with Gasteiger partial charge in [-0.15, -0.1) is 0 Å². The number of aromatic hydroxyl groups is 1. The van der Waals surface area contributed by atoms with Gasteiger partial charge in [-0.05, 0) is 58.8 Å². The quantitative estimate of drug-likeness (QED) is 0.176. The van der Waals surface area contributed by atoms with Crippen molar-refractivity contribution in [1.82, 2.24) is 15.1 Å². The van der Waals surface area contributed by atoms with Gasteiger partial charge < -0.3 is 41.7 Å². The molecule has 2 fully saturated rings. The molecule has 8 N–H and O–H groups in total. The average Bonchev–Trinajstić information content (AvgIpc) is 3.31. The predicted molar refractivity (Wildman–Crippen MR) is 149 cm³/mol. The second-order valence-corrected chi connectivity index (χ2v) is 12.5. The number of aliphatic hydroxyl groups excluding tert-OH is 2. The topological polar surface area (TPSA) is 206 Å². The van der Waals surface area contributed by atoms with Crippen LogP contribution in [0.3, 0.4) is 0 Å². The van der Waals surface area contributed by atoms with Crippen molar-refractivity contribution in [2.24, 2.45) is 23.5 Å². The molecule has 1 aromatic carbocycles. The summed E-state index contributed by atoms with van der Waals surface area (Å²) in [5, 5.41) is 51.1. The lowest BCUT2D eigenvalue weighted by atomic mass is 9.57. The molecule has 2 unspecified atom stereocenters. The molecule has 0 aromatic heterocycles. The maximum atomic E-state index is 16.4. The lowest BCUT2D eigenvalue weighted by Gasteiger charge is -2.49. The Hall–Kier alpha value is -4.01. The van der Waals surface area contributed by atoms with Gasteiger partial charge in [-0.1, -0.05) is 0 Å². The highest BCUT2D eigenvalue weighted by molar-refractivity contribution is 6.25. The molecule has 6 atom stereocenters. The number of benzene rings is 1. The number of primary amides is 1. The molecule has 14 heteroatoms. The Kier molecular flexibility index (Phi) is 6.60. The Morgan fingerprint density at radius 1 is 1.23 bits per heavy atom. The number of rotatable bonds is 4. The standard InChI is InChI=1S/C29H34FN5O8/c1-34(2)9-14(36)33-20-13-7-11-6-12-16(24(38)21-17(19(12)30)22-10(8-32-21)4-5-35(22)3)23(37)15(11)26(40)29(13,43)27(41)18(25(20)39)28(31)42/h10-11,13,20,22,32,37-38,41,43H,4-9H2,1-3H3,(H2,31,42)(H,33,36)/t10?,11-,13-,20-,22?,29-/m0/s1. The Morgan fingerprint density at radius 3 is 2.58 bits per heavy atom. The number of likely N-dealkylation sites (N-methyl/N-ethyl adjacent to an activating group) is 1. The van der Waals surface area contributed by atoms with Gasteiger partial charge >= 0.3 is 0 Å². The molecule has 2 amide bonds. The number of phenolic OH excluding ortho intramolecular Hbond substituents is 1. The van der Waals surface area contributed by atoms with Crippen LogP contribution in [0.1, 0.15) is 35.6 Å². The van der Waals surface area contributed by atoms with E-state index in [0.717, 1.165) is 13.0 Å². The van der Waals surface area contributed by atoms with Gasteiger partial charge in [-0.3, -0.25) is 24.1 Å². The van der Waals surface area contributed by atoms with Crippen LogP contribution in [0, 0.1) is 23.6 Å². The molecular formula is C29H34FN5O8. The number of anilines is 1. The zero-order chi connectivity index (χ0) is 31.3. The molecular weight excluding hydrogens is 565 g/mol. The van der Waals surface area contributed by atoms with E-state index >= 15 is 4.39 Å². The Bertz CT molecular complexity index is 1570. The van der Waals surface area contributed by atoms with Crippen molar-refractivity contribution < 1.29 is 44.0 Å². The third kappa shape index (κ3) is 3.92. The number of carbonyl (C=O) groups is 4. The number of halogens is 1. The van der Waals surface area contributed by atoms with Crippen molar-refractivity contribution >= 4 is 34.8 Å². The largest absolute Gasteiger partial charge is 0.508 e. The highest BCUT2D eigenvalue weighted by Crippen LogP contribution is 2.56. The summed E-state index contributed by atoms with van der Waals surface area (Å²) in [5.41, 5.74) is 1.06. The van der Waals surface area contributed by atoms with Crippen LogP contribution in [-0.2, 0) is 25.6 Å². The molecule has 6 rings (SSSR count). The van der Waals surface area contributed by atoms with E-state index < -0.39 is 81.1 Å². The zero-order valence-corrected chi connectivity index (χ0v) is 23.9. The number of nitrogens with zero attached hydrogens (tertiary/aromatic N) is 2. The van der Waals surface area contributed by atoms with Crippen LogP contribution in [0.2, 0.25) is 0 Å². The van der Waals surface area contributed by atoms with E-state index in [1.165, 1.54) is 4.90 Å². The van der Waals surface area contributed by atoms with E-state index in [9.17, 15) is 39.6 Å². The first kappa shape index (κ1) is 29.1. The number of likely N-dealkylation sites (tertiary alicyclic amines) is 1. The second kappa shape index (κ2) is 9.76. The molecule has 230 valence electrons. The van der Waals surface area contributed by atoms with E-state index in [-0.39, 0.29) is 53.7 Å². The fourth-order valence-corrected chi connectivity index (χ4v) is 7.85. The number of nitrogens with one attached hydrogen (secondary N) is 2. The van der Waals surface area contributed by atoms with Crippen molar-refractivity contribution in [3.63, 3.8) is 0 Å². The third-order valence-corrected chi connectivity index (χ3v) is 9.73. The monoisotopic (exact) mass is 599 g/mol.